The third-order valence-electron chi connectivity index (χ3n) is 2.70. The van der Waals surface area contributed by atoms with Crippen molar-refractivity contribution < 1.29 is 0 Å². The van der Waals surface area contributed by atoms with E-state index in [0.717, 1.165) is 17.6 Å². The van der Waals surface area contributed by atoms with Crippen LogP contribution in [0.2, 0.25) is 0 Å². The maximum Gasteiger partial charge on any atom is 0.166 e. The summed E-state index contributed by atoms with van der Waals surface area (Å²) in [5, 5.41) is 7.46. The first-order chi connectivity index (χ1) is 6.58. The molecule has 1 fully saturated rings. The number of hydrogen-bond donors (Lipinski definition) is 2. The Morgan fingerprint density at radius 1 is 1.43 bits per heavy atom. The average molecular weight is 214 g/mol. The van der Waals surface area contributed by atoms with Crippen molar-refractivity contribution in [3.63, 3.8) is 0 Å². The molecule has 2 unspecified atom stereocenters. The van der Waals surface area contributed by atoms with Crippen LogP contribution in [0.1, 0.15) is 40.0 Å². The molecule has 1 aliphatic rings. The van der Waals surface area contributed by atoms with Crippen molar-refractivity contribution in [3.05, 3.63) is 0 Å². The van der Waals surface area contributed by atoms with Crippen LogP contribution in [-0.4, -0.2) is 17.7 Å². The minimum Gasteiger partial charge on any atom is -0.362 e. The van der Waals surface area contributed by atoms with E-state index in [-0.39, 0.29) is 0 Å². The molecule has 0 radical (unpaired) electrons. The van der Waals surface area contributed by atoms with Gasteiger partial charge in [-0.05, 0) is 43.3 Å². The molecule has 1 saturated carbocycles. The second-order valence-electron chi connectivity index (χ2n) is 4.86. The highest BCUT2D eigenvalue weighted by Gasteiger charge is 2.21. The molecule has 0 spiro atoms. The topological polar surface area (TPSA) is 24.1 Å². The lowest BCUT2D eigenvalue weighted by Gasteiger charge is -2.17. The molecule has 1 rings (SSSR count). The fourth-order valence-electron chi connectivity index (χ4n) is 1.87. The third-order valence-corrected chi connectivity index (χ3v) is 2.96. The summed E-state index contributed by atoms with van der Waals surface area (Å²) in [5.74, 6) is 1.51. The van der Waals surface area contributed by atoms with Crippen molar-refractivity contribution in [3.8, 4) is 0 Å². The van der Waals surface area contributed by atoms with Crippen molar-refractivity contribution in [2.45, 2.75) is 46.1 Å². The van der Waals surface area contributed by atoms with Gasteiger partial charge >= 0.3 is 0 Å². The quantitative estimate of drug-likeness (QED) is 0.705. The van der Waals surface area contributed by atoms with E-state index < -0.39 is 0 Å². The second-order valence-corrected chi connectivity index (χ2v) is 5.27. The lowest BCUT2D eigenvalue weighted by molar-refractivity contribution is 0.559. The predicted molar refractivity (Wildman–Crippen MR) is 65.4 cm³/mol. The van der Waals surface area contributed by atoms with E-state index in [1.54, 1.807) is 0 Å². The molecule has 0 heterocycles. The van der Waals surface area contributed by atoms with Gasteiger partial charge in [-0.15, -0.1) is 0 Å². The van der Waals surface area contributed by atoms with Gasteiger partial charge in [0, 0.05) is 12.6 Å². The molecular formula is C11H22N2S. The minimum atomic E-state index is 0.608. The van der Waals surface area contributed by atoms with Gasteiger partial charge in [0.15, 0.2) is 5.11 Å². The van der Waals surface area contributed by atoms with E-state index >= 15 is 0 Å². The van der Waals surface area contributed by atoms with Crippen LogP contribution in [0.15, 0.2) is 0 Å². The zero-order valence-electron chi connectivity index (χ0n) is 9.47. The van der Waals surface area contributed by atoms with E-state index in [4.69, 9.17) is 12.2 Å². The summed E-state index contributed by atoms with van der Waals surface area (Å²) in [6.07, 6.45) is 3.87. The van der Waals surface area contributed by atoms with Gasteiger partial charge in [-0.3, -0.25) is 0 Å². The Hall–Kier alpha value is -0.310. The first-order valence-electron chi connectivity index (χ1n) is 5.62. The Morgan fingerprint density at radius 2 is 2.14 bits per heavy atom. The van der Waals surface area contributed by atoms with E-state index in [1.165, 1.54) is 19.3 Å². The number of rotatable bonds is 3. The van der Waals surface area contributed by atoms with Crippen molar-refractivity contribution in [2.75, 3.05) is 6.54 Å². The smallest absolute Gasteiger partial charge is 0.166 e. The summed E-state index contributed by atoms with van der Waals surface area (Å²) in [7, 11) is 0. The Labute approximate surface area is 92.8 Å². The number of nitrogens with one attached hydrogen (secondary N) is 2. The van der Waals surface area contributed by atoms with Gasteiger partial charge in [0.05, 0.1) is 0 Å². The van der Waals surface area contributed by atoms with E-state index in [9.17, 15) is 0 Å². The van der Waals surface area contributed by atoms with Crippen LogP contribution in [0.25, 0.3) is 0 Å². The molecule has 0 amide bonds. The van der Waals surface area contributed by atoms with Gasteiger partial charge in [0.2, 0.25) is 0 Å². The molecular weight excluding hydrogens is 192 g/mol. The second kappa shape index (κ2) is 5.54. The van der Waals surface area contributed by atoms with Crippen molar-refractivity contribution in [2.24, 2.45) is 11.8 Å². The highest BCUT2D eigenvalue weighted by Crippen LogP contribution is 2.24. The fraction of sp³-hybridized carbons (Fsp3) is 0.909. The van der Waals surface area contributed by atoms with Crippen LogP contribution >= 0.6 is 12.2 Å². The van der Waals surface area contributed by atoms with Crippen molar-refractivity contribution >= 4 is 17.3 Å². The molecule has 14 heavy (non-hydrogen) atoms. The first-order valence-corrected chi connectivity index (χ1v) is 6.03. The molecule has 0 bridgehead atoms. The van der Waals surface area contributed by atoms with E-state index in [1.807, 2.05) is 0 Å². The molecule has 0 aliphatic heterocycles. The molecule has 2 N–H and O–H groups in total. The molecule has 0 saturated heterocycles. The fourth-order valence-corrected chi connectivity index (χ4v) is 2.12. The zero-order valence-corrected chi connectivity index (χ0v) is 10.3. The molecule has 2 atom stereocenters. The van der Waals surface area contributed by atoms with Gasteiger partial charge in [0.1, 0.15) is 0 Å². The van der Waals surface area contributed by atoms with E-state index in [2.05, 4.69) is 31.4 Å². The Kier molecular flexibility index (Phi) is 4.66. The van der Waals surface area contributed by atoms with Crippen molar-refractivity contribution in [1.82, 2.24) is 10.6 Å². The van der Waals surface area contributed by atoms with Crippen LogP contribution in [0.4, 0.5) is 0 Å². The molecule has 2 nitrogen and oxygen atoms in total. The Bertz CT molecular complexity index is 192. The summed E-state index contributed by atoms with van der Waals surface area (Å²) < 4.78 is 0. The van der Waals surface area contributed by atoms with Gasteiger partial charge in [-0.1, -0.05) is 20.8 Å². The maximum atomic E-state index is 5.23. The highest BCUT2D eigenvalue weighted by molar-refractivity contribution is 7.80. The van der Waals surface area contributed by atoms with Crippen LogP contribution in [0.3, 0.4) is 0 Å². The zero-order chi connectivity index (χ0) is 10.6. The van der Waals surface area contributed by atoms with Gasteiger partial charge in [0.25, 0.3) is 0 Å². The average Bonchev–Trinajstić information content (AvgIpc) is 2.48. The molecule has 3 heteroatoms. The van der Waals surface area contributed by atoms with Crippen LogP contribution < -0.4 is 10.6 Å². The van der Waals surface area contributed by atoms with Crippen molar-refractivity contribution in [1.29, 1.82) is 0 Å². The van der Waals surface area contributed by atoms with Crippen LogP contribution in [-0.2, 0) is 0 Å². The number of hydrogen-bond acceptors (Lipinski definition) is 1. The maximum absolute atomic E-state index is 5.23. The molecule has 0 aromatic carbocycles. The molecule has 0 aromatic rings. The standard InChI is InChI=1S/C11H22N2S/c1-8(2)7-12-11(14)13-10-5-4-9(3)6-10/h8-10H,4-7H2,1-3H3,(H2,12,13,14). The van der Waals surface area contributed by atoms with Gasteiger partial charge < -0.3 is 10.6 Å². The summed E-state index contributed by atoms with van der Waals surface area (Å²) in [6.45, 7) is 7.65. The summed E-state index contributed by atoms with van der Waals surface area (Å²) in [4.78, 5) is 0. The predicted octanol–water partition coefficient (Wildman–Crippen LogP) is 2.30. The third kappa shape index (κ3) is 4.27. The SMILES string of the molecule is CC(C)CNC(=S)NC1CCC(C)C1. The monoisotopic (exact) mass is 214 g/mol. The Morgan fingerprint density at radius 3 is 2.64 bits per heavy atom. The summed E-state index contributed by atoms with van der Waals surface area (Å²) in [6, 6.07) is 0.608. The van der Waals surface area contributed by atoms with Crippen LogP contribution in [0, 0.1) is 11.8 Å². The summed E-state index contributed by atoms with van der Waals surface area (Å²) >= 11 is 5.23. The lowest BCUT2D eigenvalue weighted by atomic mass is 10.1. The number of thiocarbonyl (C=S) groups is 1. The van der Waals surface area contributed by atoms with Crippen LogP contribution in [0.5, 0.6) is 0 Å². The molecule has 1 aliphatic carbocycles. The molecule has 82 valence electrons. The normalized spacial score (nSPS) is 26.6. The largest absolute Gasteiger partial charge is 0.362 e. The van der Waals surface area contributed by atoms with E-state index in [0.29, 0.717) is 12.0 Å². The van der Waals surface area contributed by atoms with Gasteiger partial charge in [-0.2, -0.15) is 0 Å². The molecule has 0 aromatic heterocycles. The van der Waals surface area contributed by atoms with Gasteiger partial charge in [-0.25, -0.2) is 0 Å². The first kappa shape index (κ1) is 11.8. The summed E-state index contributed by atoms with van der Waals surface area (Å²) in [5.41, 5.74) is 0. The highest BCUT2D eigenvalue weighted by atomic mass is 32.1. The minimum absolute atomic E-state index is 0.608. The Balaban J connectivity index is 2.14. The lowest BCUT2D eigenvalue weighted by Crippen LogP contribution is -2.42.